The van der Waals surface area contributed by atoms with Crippen molar-refractivity contribution in [1.29, 1.82) is 0 Å². The summed E-state index contributed by atoms with van der Waals surface area (Å²) in [7, 11) is -2.26. The van der Waals surface area contributed by atoms with Crippen LogP contribution >= 0.6 is 0 Å². The van der Waals surface area contributed by atoms with Crippen molar-refractivity contribution in [1.82, 2.24) is 19.5 Å². The minimum absolute atomic E-state index is 0.0141. The molecule has 0 bridgehead atoms. The Balaban J connectivity index is 2.26. The molecule has 7 nitrogen and oxygen atoms in total. The maximum atomic E-state index is 12.8. The molecular formula is C14H12F3N5O2S. The molecule has 0 aliphatic heterocycles. The Hall–Kier alpha value is -2.53. The minimum atomic E-state index is -4.61. The average molecular weight is 371 g/mol. The fourth-order valence-electron chi connectivity index (χ4n) is 2.35. The van der Waals surface area contributed by atoms with Crippen molar-refractivity contribution in [3.63, 3.8) is 0 Å². The molecule has 0 unspecified atom stereocenters. The molecule has 132 valence electrons. The van der Waals surface area contributed by atoms with Gasteiger partial charge in [-0.15, -0.1) is 0 Å². The molecular weight excluding hydrogens is 359 g/mol. The molecule has 3 rings (SSSR count). The fraction of sp³-hybridized carbons (Fsp3) is 0.214. The van der Waals surface area contributed by atoms with Gasteiger partial charge in [0.15, 0.2) is 15.7 Å². The van der Waals surface area contributed by atoms with Crippen LogP contribution in [0.5, 0.6) is 0 Å². The zero-order chi connectivity index (χ0) is 18.4. The fourth-order valence-corrected chi connectivity index (χ4v) is 3.26. The number of imidazole rings is 1. The number of aromatic nitrogens is 4. The van der Waals surface area contributed by atoms with Crippen LogP contribution in [0.3, 0.4) is 0 Å². The normalized spacial score (nSPS) is 12.7. The van der Waals surface area contributed by atoms with Crippen LogP contribution < -0.4 is 5.73 Å². The monoisotopic (exact) mass is 371 g/mol. The van der Waals surface area contributed by atoms with Gasteiger partial charge in [0.25, 0.3) is 0 Å². The van der Waals surface area contributed by atoms with Crippen LogP contribution in [0, 0.1) is 0 Å². The summed E-state index contributed by atoms with van der Waals surface area (Å²) in [5.74, 6) is -0.529. The molecule has 0 spiro atoms. The second kappa shape index (κ2) is 5.77. The van der Waals surface area contributed by atoms with Crippen molar-refractivity contribution in [2.24, 2.45) is 12.8 Å². The summed E-state index contributed by atoms with van der Waals surface area (Å²) in [6, 6.07) is 3.56. The number of nitrogens with two attached hydrogens (primary N) is 1. The summed E-state index contributed by atoms with van der Waals surface area (Å²) >= 11 is 0. The SMILES string of the molecule is Cn1c(-c2ncccc2S(=O)(=O)CN)nc2cc(C(F)(F)F)ncc21. The van der Waals surface area contributed by atoms with E-state index >= 15 is 0 Å². The van der Waals surface area contributed by atoms with Gasteiger partial charge in [-0.3, -0.25) is 4.98 Å². The lowest BCUT2D eigenvalue weighted by Gasteiger charge is -2.08. The van der Waals surface area contributed by atoms with Crippen LogP contribution in [-0.4, -0.2) is 33.8 Å². The Bertz CT molecular complexity index is 1060. The highest BCUT2D eigenvalue weighted by molar-refractivity contribution is 7.91. The molecule has 2 N–H and O–H groups in total. The average Bonchev–Trinajstić information content (AvgIpc) is 2.90. The summed E-state index contributed by atoms with van der Waals surface area (Å²) in [6.07, 6.45) is -2.21. The topological polar surface area (TPSA) is 104 Å². The number of hydrogen-bond donors (Lipinski definition) is 1. The van der Waals surface area contributed by atoms with Gasteiger partial charge in [0, 0.05) is 13.2 Å². The predicted octanol–water partition coefficient (Wildman–Crippen LogP) is 1.74. The molecule has 11 heteroatoms. The first-order valence-corrected chi connectivity index (χ1v) is 8.58. The van der Waals surface area contributed by atoms with Crippen molar-refractivity contribution in [2.75, 3.05) is 5.88 Å². The molecule has 0 saturated carbocycles. The number of halogens is 3. The van der Waals surface area contributed by atoms with Gasteiger partial charge in [0.1, 0.15) is 17.3 Å². The van der Waals surface area contributed by atoms with E-state index in [-0.39, 0.29) is 21.9 Å². The lowest BCUT2D eigenvalue weighted by atomic mass is 10.3. The molecule has 25 heavy (non-hydrogen) atoms. The zero-order valence-corrected chi connectivity index (χ0v) is 13.6. The van der Waals surface area contributed by atoms with E-state index in [1.165, 1.54) is 29.9 Å². The van der Waals surface area contributed by atoms with Crippen LogP contribution in [-0.2, 0) is 23.1 Å². The van der Waals surface area contributed by atoms with Crippen LogP contribution in [0.25, 0.3) is 22.6 Å². The molecule has 0 saturated heterocycles. The maximum Gasteiger partial charge on any atom is 0.433 e. The van der Waals surface area contributed by atoms with Crippen molar-refractivity contribution in [3.8, 4) is 11.5 Å². The third-order valence-electron chi connectivity index (χ3n) is 3.59. The smallest absolute Gasteiger partial charge is 0.324 e. The van der Waals surface area contributed by atoms with E-state index in [0.29, 0.717) is 5.52 Å². The van der Waals surface area contributed by atoms with Gasteiger partial charge in [0.05, 0.1) is 22.1 Å². The summed E-state index contributed by atoms with van der Waals surface area (Å²) in [6.45, 7) is 0. The quantitative estimate of drug-likeness (QED) is 0.752. The van der Waals surface area contributed by atoms with Gasteiger partial charge in [0.2, 0.25) is 0 Å². The van der Waals surface area contributed by atoms with Crippen molar-refractivity contribution < 1.29 is 21.6 Å². The number of nitrogens with zero attached hydrogens (tertiary/aromatic N) is 4. The Labute approximate surface area is 140 Å². The molecule has 0 aliphatic rings. The number of fused-ring (bicyclic) bond motifs is 1. The highest BCUT2D eigenvalue weighted by atomic mass is 32.2. The number of aryl methyl sites for hydroxylation is 1. The molecule has 3 aromatic heterocycles. The van der Waals surface area contributed by atoms with Crippen LogP contribution in [0.15, 0.2) is 35.5 Å². The molecule has 0 atom stereocenters. The lowest BCUT2D eigenvalue weighted by Crippen LogP contribution is -2.16. The lowest BCUT2D eigenvalue weighted by molar-refractivity contribution is -0.141. The van der Waals surface area contributed by atoms with E-state index < -0.39 is 27.6 Å². The van der Waals surface area contributed by atoms with Crippen LogP contribution in [0.4, 0.5) is 13.2 Å². The third kappa shape index (κ3) is 2.96. The van der Waals surface area contributed by atoms with E-state index in [1.54, 1.807) is 0 Å². The summed E-state index contributed by atoms with van der Waals surface area (Å²) in [5, 5.41) is 0. The molecule has 3 aromatic rings. The molecule has 0 amide bonds. The minimum Gasteiger partial charge on any atom is -0.324 e. The summed E-state index contributed by atoms with van der Waals surface area (Å²) in [4.78, 5) is 11.4. The Morgan fingerprint density at radius 1 is 1.28 bits per heavy atom. The first-order valence-electron chi connectivity index (χ1n) is 6.93. The molecule has 3 heterocycles. The molecule has 0 fully saturated rings. The van der Waals surface area contributed by atoms with Crippen LogP contribution in [0.1, 0.15) is 5.69 Å². The summed E-state index contributed by atoms with van der Waals surface area (Å²) in [5.41, 5.74) is 4.56. The van der Waals surface area contributed by atoms with Gasteiger partial charge in [-0.1, -0.05) is 0 Å². The number of sulfone groups is 1. The first kappa shape index (κ1) is 17.3. The van der Waals surface area contributed by atoms with Crippen molar-refractivity contribution >= 4 is 20.9 Å². The number of alkyl halides is 3. The largest absolute Gasteiger partial charge is 0.433 e. The Morgan fingerprint density at radius 2 is 2.00 bits per heavy atom. The van der Waals surface area contributed by atoms with Crippen LogP contribution in [0.2, 0.25) is 0 Å². The van der Waals surface area contributed by atoms with E-state index in [9.17, 15) is 21.6 Å². The van der Waals surface area contributed by atoms with E-state index in [1.807, 2.05) is 0 Å². The van der Waals surface area contributed by atoms with Gasteiger partial charge < -0.3 is 10.3 Å². The molecule has 0 aliphatic carbocycles. The van der Waals surface area contributed by atoms with Gasteiger partial charge >= 0.3 is 6.18 Å². The second-order valence-corrected chi connectivity index (χ2v) is 7.18. The standard InChI is InChI=1S/C14H12F3N5O2S/c1-22-9-6-20-11(14(15,16)17)5-8(9)21-13(22)12-10(3-2-4-19-12)25(23,24)7-18/h2-6H,7,18H2,1H3. The third-order valence-corrected chi connectivity index (χ3v) is 5.03. The first-order chi connectivity index (χ1) is 11.6. The maximum absolute atomic E-state index is 12.8. The number of rotatable bonds is 3. The summed E-state index contributed by atoms with van der Waals surface area (Å²) < 4.78 is 64.1. The Morgan fingerprint density at radius 3 is 2.64 bits per heavy atom. The van der Waals surface area contributed by atoms with E-state index in [2.05, 4.69) is 15.0 Å². The van der Waals surface area contributed by atoms with Gasteiger partial charge in [-0.05, 0) is 18.2 Å². The van der Waals surface area contributed by atoms with Gasteiger partial charge in [-0.2, -0.15) is 13.2 Å². The van der Waals surface area contributed by atoms with Crippen molar-refractivity contribution in [2.45, 2.75) is 11.1 Å². The Kier molecular flexibility index (Phi) is 4.00. The van der Waals surface area contributed by atoms with E-state index in [0.717, 1.165) is 12.3 Å². The number of pyridine rings is 2. The number of hydrogen-bond acceptors (Lipinski definition) is 6. The predicted molar refractivity (Wildman–Crippen MR) is 83.0 cm³/mol. The second-order valence-electron chi connectivity index (χ2n) is 5.18. The highest BCUT2D eigenvalue weighted by Crippen LogP contribution is 2.31. The highest BCUT2D eigenvalue weighted by Gasteiger charge is 2.33. The molecule has 0 radical (unpaired) electrons. The van der Waals surface area contributed by atoms with E-state index in [4.69, 9.17) is 5.73 Å². The zero-order valence-electron chi connectivity index (χ0n) is 12.8. The van der Waals surface area contributed by atoms with Gasteiger partial charge in [-0.25, -0.2) is 18.4 Å². The molecule has 0 aromatic carbocycles. The van der Waals surface area contributed by atoms with Crippen molar-refractivity contribution in [3.05, 3.63) is 36.3 Å².